The SMILES string of the molecule is CC1(C)OB(/C=C2/c3ccccc3COc3cc(F)ccc32)OC1(C)C. The van der Waals surface area contributed by atoms with Crippen molar-refractivity contribution in [2.24, 2.45) is 0 Å². The highest BCUT2D eigenvalue weighted by molar-refractivity contribution is 6.53. The quantitative estimate of drug-likeness (QED) is 0.692. The molecule has 2 aromatic carbocycles. The molecule has 1 fully saturated rings. The van der Waals surface area contributed by atoms with Crippen LogP contribution in [0.2, 0.25) is 0 Å². The number of rotatable bonds is 1. The summed E-state index contributed by atoms with van der Waals surface area (Å²) >= 11 is 0. The van der Waals surface area contributed by atoms with Gasteiger partial charge in [0.15, 0.2) is 0 Å². The van der Waals surface area contributed by atoms with E-state index >= 15 is 0 Å². The van der Waals surface area contributed by atoms with Crippen LogP contribution >= 0.6 is 0 Å². The Bertz CT molecular complexity index is 873. The standard InChI is InChI=1S/C21H22BFO3/c1-20(2)21(3,4)26-22(25-20)12-18-16-8-6-5-7-14(16)13-24-19-11-15(23)9-10-17(18)19/h5-12H,13H2,1-4H3/b18-12-. The van der Waals surface area contributed by atoms with E-state index in [0.29, 0.717) is 12.4 Å². The van der Waals surface area contributed by atoms with Gasteiger partial charge in [-0.05, 0) is 62.5 Å². The van der Waals surface area contributed by atoms with Crippen molar-refractivity contribution in [2.45, 2.75) is 45.5 Å². The lowest BCUT2D eigenvalue weighted by atomic mass is 9.81. The normalized spacial score (nSPS) is 21.7. The molecule has 0 N–H and O–H groups in total. The maximum Gasteiger partial charge on any atom is 0.487 e. The fraction of sp³-hybridized carbons (Fsp3) is 0.333. The molecule has 2 heterocycles. The lowest BCUT2D eigenvalue weighted by Crippen LogP contribution is -2.41. The van der Waals surface area contributed by atoms with Gasteiger partial charge in [0, 0.05) is 11.6 Å². The van der Waals surface area contributed by atoms with Gasteiger partial charge >= 0.3 is 7.12 Å². The Hall–Kier alpha value is -2.11. The van der Waals surface area contributed by atoms with Gasteiger partial charge in [-0.25, -0.2) is 4.39 Å². The average molecular weight is 352 g/mol. The summed E-state index contributed by atoms with van der Waals surface area (Å²) in [6, 6.07) is 12.7. The van der Waals surface area contributed by atoms with Crippen LogP contribution in [-0.2, 0) is 15.9 Å². The molecular weight excluding hydrogens is 330 g/mol. The van der Waals surface area contributed by atoms with Crippen LogP contribution < -0.4 is 4.74 Å². The predicted octanol–water partition coefficient (Wildman–Crippen LogP) is 4.78. The lowest BCUT2D eigenvalue weighted by molar-refractivity contribution is 0.00578. The maximum absolute atomic E-state index is 13.7. The van der Waals surface area contributed by atoms with Crippen molar-refractivity contribution < 1.29 is 18.4 Å². The molecule has 1 saturated heterocycles. The van der Waals surface area contributed by atoms with Crippen molar-refractivity contribution in [3.05, 3.63) is 70.9 Å². The van der Waals surface area contributed by atoms with E-state index in [-0.39, 0.29) is 5.82 Å². The third kappa shape index (κ3) is 2.85. The molecule has 0 atom stereocenters. The van der Waals surface area contributed by atoms with E-state index < -0.39 is 18.3 Å². The second kappa shape index (κ2) is 5.97. The molecule has 0 unspecified atom stereocenters. The Kier molecular flexibility index (Phi) is 3.97. The summed E-state index contributed by atoms with van der Waals surface area (Å²) in [5.41, 5.74) is 3.04. The maximum atomic E-state index is 13.7. The summed E-state index contributed by atoms with van der Waals surface area (Å²) in [7, 11) is -0.487. The molecule has 2 aliphatic heterocycles. The highest BCUT2D eigenvalue weighted by Gasteiger charge is 2.50. The van der Waals surface area contributed by atoms with Crippen LogP contribution in [0.25, 0.3) is 5.57 Å². The van der Waals surface area contributed by atoms with Crippen LogP contribution in [0.4, 0.5) is 4.39 Å². The number of benzene rings is 2. The van der Waals surface area contributed by atoms with Gasteiger partial charge < -0.3 is 14.0 Å². The minimum atomic E-state index is -0.487. The van der Waals surface area contributed by atoms with Crippen LogP contribution in [0, 0.1) is 5.82 Å². The third-order valence-electron chi connectivity index (χ3n) is 5.50. The van der Waals surface area contributed by atoms with Gasteiger partial charge in [-0.15, -0.1) is 0 Å². The van der Waals surface area contributed by atoms with Gasteiger partial charge in [-0.2, -0.15) is 0 Å². The van der Waals surface area contributed by atoms with E-state index in [1.165, 1.54) is 12.1 Å². The van der Waals surface area contributed by atoms with E-state index in [0.717, 1.165) is 22.3 Å². The Morgan fingerprint density at radius 1 is 0.962 bits per heavy atom. The summed E-state index contributed by atoms with van der Waals surface area (Å²) in [5.74, 6) is 2.19. The molecule has 0 aromatic heterocycles. The molecule has 134 valence electrons. The molecule has 5 heteroatoms. The molecule has 2 aliphatic rings. The molecular formula is C21H22BFO3. The van der Waals surface area contributed by atoms with Crippen molar-refractivity contribution in [1.82, 2.24) is 0 Å². The molecule has 2 aromatic rings. The monoisotopic (exact) mass is 352 g/mol. The zero-order valence-electron chi connectivity index (χ0n) is 15.5. The van der Waals surface area contributed by atoms with Gasteiger partial charge in [-0.1, -0.05) is 24.3 Å². The number of hydrogen-bond acceptors (Lipinski definition) is 3. The van der Waals surface area contributed by atoms with Crippen LogP contribution in [0.15, 0.2) is 48.4 Å². The van der Waals surface area contributed by atoms with Crippen LogP contribution in [0.5, 0.6) is 5.75 Å². The van der Waals surface area contributed by atoms with Gasteiger partial charge in [0.25, 0.3) is 0 Å². The van der Waals surface area contributed by atoms with E-state index in [9.17, 15) is 4.39 Å². The van der Waals surface area contributed by atoms with Crippen LogP contribution in [0.3, 0.4) is 0 Å². The van der Waals surface area contributed by atoms with Gasteiger partial charge in [-0.3, -0.25) is 0 Å². The minimum absolute atomic E-state index is 0.315. The molecule has 0 bridgehead atoms. The molecule has 0 saturated carbocycles. The number of fused-ring (bicyclic) bond motifs is 2. The minimum Gasteiger partial charge on any atom is -0.488 e. The topological polar surface area (TPSA) is 27.7 Å². The summed E-state index contributed by atoms with van der Waals surface area (Å²) in [6.45, 7) is 8.50. The van der Waals surface area contributed by atoms with Gasteiger partial charge in [0.2, 0.25) is 0 Å². The smallest absolute Gasteiger partial charge is 0.487 e. The van der Waals surface area contributed by atoms with Crippen molar-refractivity contribution in [2.75, 3.05) is 0 Å². The Morgan fingerprint density at radius 2 is 1.65 bits per heavy atom. The largest absolute Gasteiger partial charge is 0.488 e. The molecule has 0 spiro atoms. The van der Waals surface area contributed by atoms with Crippen molar-refractivity contribution >= 4 is 12.7 Å². The molecule has 3 nitrogen and oxygen atoms in total. The molecule has 0 aliphatic carbocycles. The molecule has 0 amide bonds. The molecule has 0 radical (unpaired) electrons. The van der Waals surface area contributed by atoms with Crippen molar-refractivity contribution in [3.8, 4) is 5.75 Å². The van der Waals surface area contributed by atoms with E-state index in [1.54, 1.807) is 6.07 Å². The van der Waals surface area contributed by atoms with E-state index in [2.05, 4.69) is 0 Å². The summed E-state index contributed by atoms with van der Waals surface area (Å²) in [5, 5.41) is 0. The number of halogens is 1. The van der Waals surface area contributed by atoms with E-state index in [4.69, 9.17) is 14.0 Å². The first-order valence-electron chi connectivity index (χ1n) is 8.85. The lowest BCUT2D eigenvalue weighted by Gasteiger charge is -2.32. The van der Waals surface area contributed by atoms with Crippen LogP contribution in [-0.4, -0.2) is 18.3 Å². The van der Waals surface area contributed by atoms with Crippen LogP contribution in [0.1, 0.15) is 44.4 Å². The Morgan fingerprint density at radius 3 is 2.38 bits per heavy atom. The predicted molar refractivity (Wildman–Crippen MR) is 100 cm³/mol. The first kappa shape index (κ1) is 17.3. The summed E-state index contributed by atoms with van der Waals surface area (Å²) in [6.07, 6.45) is 0. The summed E-state index contributed by atoms with van der Waals surface area (Å²) in [4.78, 5) is 0. The summed E-state index contributed by atoms with van der Waals surface area (Å²) < 4.78 is 31.9. The van der Waals surface area contributed by atoms with Gasteiger partial charge in [0.05, 0.1) is 11.2 Å². The average Bonchev–Trinajstić information content (AvgIpc) is 2.70. The number of ether oxygens (including phenoxy) is 1. The van der Waals surface area contributed by atoms with E-state index in [1.807, 2.05) is 57.9 Å². The van der Waals surface area contributed by atoms with Gasteiger partial charge in [0.1, 0.15) is 18.2 Å². The fourth-order valence-corrected chi connectivity index (χ4v) is 3.32. The first-order chi connectivity index (χ1) is 12.3. The second-order valence-electron chi connectivity index (χ2n) is 7.79. The Balaban J connectivity index is 1.85. The first-order valence-corrected chi connectivity index (χ1v) is 8.85. The highest BCUT2D eigenvalue weighted by atomic mass is 19.1. The third-order valence-corrected chi connectivity index (χ3v) is 5.50. The Labute approximate surface area is 153 Å². The highest BCUT2D eigenvalue weighted by Crippen LogP contribution is 2.41. The fourth-order valence-electron chi connectivity index (χ4n) is 3.32. The zero-order valence-corrected chi connectivity index (χ0v) is 15.5. The molecule has 26 heavy (non-hydrogen) atoms. The van der Waals surface area contributed by atoms with Crippen molar-refractivity contribution in [3.63, 3.8) is 0 Å². The second-order valence-corrected chi connectivity index (χ2v) is 7.79. The molecule has 4 rings (SSSR count). The van der Waals surface area contributed by atoms with Crippen molar-refractivity contribution in [1.29, 1.82) is 0 Å². The number of hydrogen-bond donors (Lipinski definition) is 0. The zero-order chi connectivity index (χ0) is 18.5.